The van der Waals surface area contributed by atoms with E-state index >= 15 is 0 Å². The minimum atomic E-state index is -1.88. The molecule has 3 N–H and O–H groups in total. The summed E-state index contributed by atoms with van der Waals surface area (Å²) in [4.78, 5) is 37.7. The first kappa shape index (κ1) is 24.7. The first-order valence-electron chi connectivity index (χ1n) is 12.1. The summed E-state index contributed by atoms with van der Waals surface area (Å²) in [6, 6.07) is 16.3. The number of hydrogen-bond acceptors (Lipinski definition) is 5. The van der Waals surface area contributed by atoms with Gasteiger partial charge in [-0.15, -0.1) is 0 Å². The summed E-state index contributed by atoms with van der Waals surface area (Å²) in [5.74, 6) is -1.81. The van der Waals surface area contributed by atoms with Crippen molar-refractivity contribution in [1.82, 2.24) is 10.2 Å². The molecule has 0 spiro atoms. The molecule has 2 amide bonds. The molecule has 0 radical (unpaired) electrons. The third-order valence-electron chi connectivity index (χ3n) is 7.03. The van der Waals surface area contributed by atoms with Crippen LogP contribution in [0.15, 0.2) is 48.5 Å². The number of likely N-dealkylation sites (tertiary alicyclic amines) is 1. The van der Waals surface area contributed by atoms with Crippen LogP contribution in [-0.4, -0.2) is 64.9 Å². The Morgan fingerprint density at radius 3 is 2.37 bits per heavy atom. The molecule has 1 heterocycles. The smallest absolute Gasteiger partial charge is 0.407 e. The van der Waals surface area contributed by atoms with Gasteiger partial charge in [0, 0.05) is 24.9 Å². The number of ether oxygens (including phenoxy) is 1. The molecule has 4 rings (SSSR count). The first-order valence-corrected chi connectivity index (χ1v) is 12.1. The van der Waals surface area contributed by atoms with Gasteiger partial charge in [-0.3, -0.25) is 4.79 Å². The number of carboxylic acid groups (broad SMARTS) is 1. The number of hydrogen-bond donors (Lipinski definition) is 3. The zero-order chi connectivity index (χ0) is 25.0. The van der Waals surface area contributed by atoms with Crippen molar-refractivity contribution in [3.05, 3.63) is 59.7 Å². The molecule has 1 fully saturated rings. The average molecular weight is 481 g/mol. The number of benzene rings is 2. The van der Waals surface area contributed by atoms with Crippen LogP contribution in [0.3, 0.4) is 0 Å². The number of nitrogens with one attached hydrogen (secondary N) is 1. The Morgan fingerprint density at radius 1 is 1.11 bits per heavy atom. The molecule has 1 saturated heterocycles. The van der Waals surface area contributed by atoms with Crippen molar-refractivity contribution >= 4 is 18.0 Å². The van der Waals surface area contributed by atoms with Crippen LogP contribution in [0.25, 0.3) is 11.1 Å². The first-order chi connectivity index (χ1) is 16.8. The van der Waals surface area contributed by atoms with E-state index in [9.17, 15) is 24.6 Å². The third kappa shape index (κ3) is 5.32. The molecule has 35 heavy (non-hydrogen) atoms. The Labute approximate surface area is 204 Å². The fourth-order valence-corrected chi connectivity index (χ4v) is 5.08. The lowest BCUT2D eigenvalue weighted by Crippen LogP contribution is -2.55. The standard InChI is InChI=1S/C27H32N2O6/c1-18(24(30)29-15-7-13-27(34,17-29)25(31)32)8-6-14-28-26(33)35-16-23-21-11-4-2-9-19(21)20-10-3-5-12-22(20)23/h2-5,9-12,18,23,34H,6-8,13-17H2,1H3,(H,28,33)(H,31,32). The van der Waals surface area contributed by atoms with E-state index in [2.05, 4.69) is 29.6 Å². The lowest BCUT2D eigenvalue weighted by atomic mass is 9.91. The van der Waals surface area contributed by atoms with Gasteiger partial charge in [-0.05, 0) is 47.9 Å². The van der Waals surface area contributed by atoms with Crippen LogP contribution in [0.4, 0.5) is 4.79 Å². The Bertz CT molecular complexity index is 1060. The summed E-state index contributed by atoms with van der Waals surface area (Å²) in [6.45, 7) is 2.65. The molecule has 0 saturated carbocycles. The van der Waals surface area contributed by atoms with E-state index in [4.69, 9.17) is 4.74 Å². The summed E-state index contributed by atoms with van der Waals surface area (Å²) in [5, 5.41) is 22.2. The Kier molecular flexibility index (Phi) is 7.40. The molecule has 2 aliphatic rings. The van der Waals surface area contributed by atoms with Crippen molar-refractivity contribution in [2.45, 2.75) is 44.1 Å². The monoisotopic (exact) mass is 480 g/mol. The molecule has 0 bridgehead atoms. The third-order valence-corrected chi connectivity index (χ3v) is 7.03. The van der Waals surface area contributed by atoms with E-state index in [0.29, 0.717) is 32.4 Å². The van der Waals surface area contributed by atoms with Gasteiger partial charge in [0.05, 0.1) is 6.54 Å². The maximum absolute atomic E-state index is 12.7. The van der Waals surface area contributed by atoms with Crippen molar-refractivity contribution in [3.63, 3.8) is 0 Å². The van der Waals surface area contributed by atoms with Crippen LogP contribution in [0.1, 0.15) is 49.7 Å². The summed E-state index contributed by atoms with van der Waals surface area (Å²) in [7, 11) is 0. The van der Waals surface area contributed by atoms with Crippen molar-refractivity contribution in [3.8, 4) is 11.1 Å². The van der Waals surface area contributed by atoms with Gasteiger partial charge in [0.15, 0.2) is 5.60 Å². The number of carboxylic acids is 1. The lowest BCUT2D eigenvalue weighted by Gasteiger charge is -2.37. The summed E-state index contributed by atoms with van der Waals surface area (Å²) in [5.41, 5.74) is 2.78. The van der Waals surface area contributed by atoms with E-state index < -0.39 is 17.7 Å². The Hall–Kier alpha value is -3.39. The van der Waals surface area contributed by atoms with E-state index in [1.54, 1.807) is 6.92 Å². The number of nitrogens with zero attached hydrogens (tertiary/aromatic N) is 1. The number of aliphatic hydroxyl groups is 1. The molecule has 2 aromatic carbocycles. The molecule has 2 unspecified atom stereocenters. The second-order valence-electron chi connectivity index (χ2n) is 9.50. The molecule has 2 aromatic rings. The van der Waals surface area contributed by atoms with Gasteiger partial charge in [0.1, 0.15) is 6.61 Å². The van der Waals surface area contributed by atoms with Crippen molar-refractivity contribution in [2.24, 2.45) is 5.92 Å². The number of carbonyl (C=O) groups excluding carboxylic acids is 2. The fraction of sp³-hybridized carbons (Fsp3) is 0.444. The van der Waals surface area contributed by atoms with E-state index in [0.717, 1.165) is 11.1 Å². The molecular formula is C27H32N2O6. The van der Waals surface area contributed by atoms with E-state index in [1.165, 1.54) is 16.0 Å². The van der Waals surface area contributed by atoms with Crippen LogP contribution in [0.2, 0.25) is 0 Å². The predicted molar refractivity (Wildman–Crippen MR) is 130 cm³/mol. The number of aliphatic carboxylic acids is 1. The van der Waals surface area contributed by atoms with Crippen LogP contribution in [0, 0.1) is 5.92 Å². The molecule has 8 nitrogen and oxygen atoms in total. The number of rotatable bonds is 8. The van der Waals surface area contributed by atoms with Crippen LogP contribution >= 0.6 is 0 Å². The molecular weight excluding hydrogens is 448 g/mol. The maximum Gasteiger partial charge on any atom is 0.407 e. The van der Waals surface area contributed by atoms with Gasteiger partial charge in [-0.25, -0.2) is 9.59 Å². The van der Waals surface area contributed by atoms with Crippen LogP contribution < -0.4 is 5.32 Å². The minimum absolute atomic E-state index is 0.000201. The molecule has 0 aromatic heterocycles. The van der Waals surface area contributed by atoms with Gasteiger partial charge in [0.2, 0.25) is 5.91 Å². The number of piperidine rings is 1. The van der Waals surface area contributed by atoms with Crippen molar-refractivity contribution in [2.75, 3.05) is 26.2 Å². The molecule has 186 valence electrons. The number of β-amino-alcohol motifs (C(OH)–C–C–N with tert-alkyl or cyclic N) is 1. The fourth-order valence-electron chi connectivity index (χ4n) is 5.08. The highest BCUT2D eigenvalue weighted by Crippen LogP contribution is 2.44. The molecule has 1 aliphatic heterocycles. The Balaban J connectivity index is 1.21. The second-order valence-corrected chi connectivity index (χ2v) is 9.50. The largest absolute Gasteiger partial charge is 0.479 e. The van der Waals surface area contributed by atoms with Crippen LogP contribution in [0.5, 0.6) is 0 Å². The highest BCUT2D eigenvalue weighted by Gasteiger charge is 2.42. The Morgan fingerprint density at radius 2 is 1.74 bits per heavy atom. The summed E-state index contributed by atoms with van der Waals surface area (Å²) in [6.07, 6.45) is 1.21. The zero-order valence-electron chi connectivity index (χ0n) is 19.9. The van der Waals surface area contributed by atoms with Crippen LogP contribution in [-0.2, 0) is 14.3 Å². The number of carbonyl (C=O) groups is 3. The van der Waals surface area contributed by atoms with E-state index in [-0.39, 0.29) is 37.3 Å². The second kappa shape index (κ2) is 10.5. The zero-order valence-corrected chi connectivity index (χ0v) is 19.9. The van der Waals surface area contributed by atoms with Gasteiger partial charge in [-0.1, -0.05) is 55.5 Å². The van der Waals surface area contributed by atoms with E-state index in [1.807, 2.05) is 24.3 Å². The summed E-state index contributed by atoms with van der Waals surface area (Å²) >= 11 is 0. The SMILES string of the molecule is CC(CCCNC(=O)OCC1c2ccccc2-c2ccccc21)C(=O)N1CCCC(O)(C(=O)O)C1. The van der Waals surface area contributed by atoms with Crippen molar-refractivity contribution < 1.29 is 29.3 Å². The number of alkyl carbamates (subject to hydrolysis) is 1. The highest BCUT2D eigenvalue weighted by atomic mass is 16.5. The summed E-state index contributed by atoms with van der Waals surface area (Å²) < 4.78 is 5.53. The number of fused-ring (bicyclic) bond motifs is 3. The number of amides is 2. The van der Waals surface area contributed by atoms with Gasteiger partial charge in [0.25, 0.3) is 0 Å². The predicted octanol–water partition coefficient (Wildman–Crippen LogP) is 3.38. The quantitative estimate of drug-likeness (QED) is 0.499. The minimum Gasteiger partial charge on any atom is -0.479 e. The van der Waals surface area contributed by atoms with Gasteiger partial charge in [-0.2, -0.15) is 0 Å². The topological polar surface area (TPSA) is 116 Å². The maximum atomic E-state index is 12.7. The van der Waals surface area contributed by atoms with Gasteiger partial charge >= 0.3 is 12.1 Å². The normalized spacial score (nSPS) is 20.0. The lowest BCUT2D eigenvalue weighted by molar-refractivity contribution is -0.167. The van der Waals surface area contributed by atoms with Crippen molar-refractivity contribution in [1.29, 1.82) is 0 Å². The molecule has 8 heteroatoms. The molecule has 1 aliphatic carbocycles. The molecule has 2 atom stereocenters. The highest BCUT2D eigenvalue weighted by molar-refractivity contribution is 5.82. The van der Waals surface area contributed by atoms with Gasteiger partial charge < -0.3 is 25.2 Å². The average Bonchev–Trinajstić information content (AvgIpc) is 3.18.